The number of nitrogens with zero attached hydrogens (tertiary/aromatic N) is 2. The summed E-state index contributed by atoms with van der Waals surface area (Å²) in [4.78, 5) is 38.0. The van der Waals surface area contributed by atoms with E-state index < -0.39 is 17.9 Å². The molecule has 2 amide bonds. The molecule has 0 spiro atoms. The van der Waals surface area contributed by atoms with Crippen LogP contribution in [0.1, 0.15) is 10.4 Å². The number of carbonyl (C=O) groups is 3. The zero-order chi connectivity index (χ0) is 15.6. The van der Waals surface area contributed by atoms with Crippen LogP contribution in [0.25, 0.3) is 0 Å². The fourth-order valence-electron chi connectivity index (χ4n) is 2.14. The summed E-state index contributed by atoms with van der Waals surface area (Å²) in [5, 5.41) is 11.6. The van der Waals surface area contributed by atoms with Crippen molar-refractivity contribution >= 4 is 23.5 Å². The van der Waals surface area contributed by atoms with Gasteiger partial charge in [-0.1, -0.05) is 0 Å². The Morgan fingerprint density at radius 3 is 2.43 bits per heavy atom. The lowest BCUT2D eigenvalue weighted by Gasteiger charge is -2.32. The molecule has 1 heterocycles. The number of carbonyl (C=O) groups excluding carboxylic acids is 2. The normalized spacial score (nSPS) is 18.1. The van der Waals surface area contributed by atoms with Gasteiger partial charge >= 0.3 is 5.97 Å². The number of hydrogen-bond acceptors (Lipinski definition) is 4. The Hall–Kier alpha value is -2.57. The zero-order valence-corrected chi connectivity index (χ0v) is 11.9. The van der Waals surface area contributed by atoms with Crippen molar-refractivity contribution in [3.05, 3.63) is 29.8 Å². The molecular weight excluding hydrogens is 274 g/mol. The minimum Gasteiger partial charge on any atom is -0.480 e. The van der Waals surface area contributed by atoms with Gasteiger partial charge in [-0.3, -0.25) is 9.59 Å². The van der Waals surface area contributed by atoms with E-state index >= 15 is 0 Å². The van der Waals surface area contributed by atoms with Crippen LogP contribution in [0.2, 0.25) is 0 Å². The SMILES string of the molecule is CN(C)c1ccc(C(=O)N2CC(=O)NCC2C(=O)O)cc1. The lowest BCUT2D eigenvalue weighted by Crippen LogP contribution is -2.59. The van der Waals surface area contributed by atoms with Crippen LogP contribution in [0.4, 0.5) is 5.69 Å². The summed E-state index contributed by atoms with van der Waals surface area (Å²) in [6, 6.07) is 5.76. The molecule has 0 aromatic heterocycles. The molecule has 7 nitrogen and oxygen atoms in total. The van der Waals surface area contributed by atoms with Crippen LogP contribution < -0.4 is 10.2 Å². The summed E-state index contributed by atoms with van der Waals surface area (Å²) in [6.07, 6.45) is 0. The Morgan fingerprint density at radius 1 is 1.29 bits per heavy atom. The minimum atomic E-state index is -1.13. The number of rotatable bonds is 3. The van der Waals surface area contributed by atoms with Crippen LogP contribution in [-0.4, -0.2) is 61.0 Å². The lowest BCUT2D eigenvalue weighted by atomic mass is 10.1. The minimum absolute atomic E-state index is 0.0737. The molecule has 2 N–H and O–H groups in total. The van der Waals surface area contributed by atoms with E-state index in [2.05, 4.69) is 5.32 Å². The van der Waals surface area contributed by atoms with Gasteiger partial charge in [0, 0.05) is 31.9 Å². The van der Waals surface area contributed by atoms with Crippen LogP contribution in [-0.2, 0) is 9.59 Å². The molecule has 2 rings (SSSR count). The third-order valence-corrected chi connectivity index (χ3v) is 3.36. The van der Waals surface area contributed by atoms with E-state index in [1.54, 1.807) is 24.3 Å². The van der Waals surface area contributed by atoms with Gasteiger partial charge < -0.3 is 20.2 Å². The molecule has 1 aromatic rings. The monoisotopic (exact) mass is 291 g/mol. The van der Waals surface area contributed by atoms with Gasteiger partial charge in [0.2, 0.25) is 5.91 Å². The average molecular weight is 291 g/mol. The molecule has 1 fully saturated rings. The maximum absolute atomic E-state index is 12.4. The smallest absolute Gasteiger partial charge is 0.328 e. The van der Waals surface area contributed by atoms with Crippen LogP contribution in [0.15, 0.2) is 24.3 Å². The highest BCUT2D eigenvalue weighted by Gasteiger charge is 2.35. The highest BCUT2D eigenvalue weighted by Crippen LogP contribution is 2.16. The molecule has 112 valence electrons. The maximum atomic E-state index is 12.4. The molecule has 1 unspecified atom stereocenters. The Labute approximate surface area is 122 Å². The standard InChI is InChI=1S/C14H17N3O4/c1-16(2)10-5-3-9(4-6-10)13(19)17-8-12(18)15-7-11(17)14(20)21/h3-6,11H,7-8H2,1-2H3,(H,15,18)(H,20,21). The van der Waals surface area contributed by atoms with Crippen molar-refractivity contribution in [1.82, 2.24) is 10.2 Å². The number of carboxylic acids is 1. The van der Waals surface area contributed by atoms with Gasteiger partial charge in [-0.05, 0) is 24.3 Å². The molecule has 1 atom stereocenters. The second-order valence-electron chi connectivity index (χ2n) is 5.03. The Morgan fingerprint density at radius 2 is 1.90 bits per heavy atom. The van der Waals surface area contributed by atoms with Gasteiger partial charge in [0.1, 0.15) is 12.6 Å². The summed E-state index contributed by atoms with van der Waals surface area (Å²) >= 11 is 0. The Kier molecular flexibility index (Phi) is 4.11. The molecule has 1 saturated heterocycles. The van der Waals surface area contributed by atoms with E-state index in [4.69, 9.17) is 5.11 Å². The van der Waals surface area contributed by atoms with E-state index in [1.165, 1.54) is 0 Å². The third-order valence-electron chi connectivity index (χ3n) is 3.36. The summed E-state index contributed by atoms with van der Waals surface area (Å²) in [5.74, 6) is -1.94. The van der Waals surface area contributed by atoms with Crippen molar-refractivity contribution < 1.29 is 19.5 Å². The summed E-state index contributed by atoms with van der Waals surface area (Å²) in [7, 11) is 3.76. The maximum Gasteiger partial charge on any atom is 0.328 e. The molecule has 1 aliphatic heterocycles. The van der Waals surface area contributed by atoms with Crippen molar-refractivity contribution in [2.75, 3.05) is 32.1 Å². The highest BCUT2D eigenvalue weighted by molar-refractivity contribution is 6.00. The second kappa shape index (κ2) is 5.82. The fourth-order valence-corrected chi connectivity index (χ4v) is 2.14. The van der Waals surface area contributed by atoms with Gasteiger partial charge in [0.05, 0.1) is 0 Å². The summed E-state index contributed by atoms with van der Waals surface area (Å²) in [6.45, 7) is -0.319. The second-order valence-corrected chi connectivity index (χ2v) is 5.03. The number of nitrogens with one attached hydrogen (secondary N) is 1. The average Bonchev–Trinajstić information content (AvgIpc) is 2.46. The quantitative estimate of drug-likeness (QED) is 0.803. The Balaban J connectivity index is 2.23. The Bertz CT molecular complexity index is 568. The van der Waals surface area contributed by atoms with Gasteiger partial charge in [-0.2, -0.15) is 0 Å². The van der Waals surface area contributed by atoms with Gasteiger partial charge in [0.15, 0.2) is 0 Å². The first kappa shape index (κ1) is 14.8. The third kappa shape index (κ3) is 3.13. The topological polar surface area (TPSA) is 90.0 Å². The largest absolute Gasteiger partial charge is 0.480 e. The first-order valence-corrected chi connectivity index (χ1v) is 6.48. The number of piperazine rings is 1. The summed E-state index contributed by atoms with van der Waals surface area (Å²) in [5.41, 5.74) is 1.29. The first-order valence-electron chi connectivity index (χ1n) is 6.48. The van der Waals surface area contributed by atoms with Crippen molar-refractivity contribution in [2.45, 2.75) is 6.04 Å². The van der Waals surface area contributed by atoms with Crippen LogP contribution in [0, 0.1) is 0 Å². The van der Waals surface area contributed by atoms with Crippen molar-refractivity contribution in [2.24, 2.45) is 0 Å². The molecule has 21 heavy (non-hydrogen) atoms. The van der Waals surface area contributed by atoms with E-state index in [0.717, 1.165) is 10.6 Å². The molecule has 0 bridgehead atoms. The molecule has 0 radical (unpaired) electrons. The van der Waals surface area contributed by atoms with Gasteiger partial charge in [-0.25, -0.2) is 4.79 Å². The summed E-state index contributed by atoms with van der Waals surface area (Å²) < 4.78 is 0. The first-order chi connectivity index (χ1) is 9.90. The van der Waals surface area contributed by atoms with E-state index in [0.29, 0.717) is 5.56 Å². The molecule has 0 saturated carbocycles. The van der Waals surface area contributed by atoms with Crippen LogP contribution >= 0.6 is 0 Å². The number of hydrogen-bond donors (Lipinski definition) is 2. The zero-order valence-electron chi connectivity index (χ0n) is 11.9. The number of anilines is 1. The van der Waals surface area contributed by atoms with E-state index in [-0.39, 0.29) is 19.0 Å². The molecule has 7 heteroatoms. The van der Waals surface area contributed by atoms with Gasteiger partial charge in [-0.15, -0.1) is 0 Å². The van der Waals surface area contributed by atoms with Crippen LogP contribution in [0.5, 0.6) is 0 Å². The lowest BCUT2D eigenvalue weighted by molar-refractivity contribution is -0.144. The predicted molar refractivity (Wildman–Crippen MR) is 76.2 cm³/mol. The number of benzene rings is 1. The van der Waals surface area contributed by atoms with Gasteiger partial charge in [0.25, 0.3) is 5.91 Å². The molecule has 1 aliphatic rings. The van der Waals surface area contributed by atoms with Crippen molar-refractivity contribution in [3.63, 3.8) is 0 Å². The van der Waals surface area contributed by atoms with E-state index in [9.17, 15) is 14.4 Å². The fraction of sp³-hybridized carbons (Fsp3) is 0.357. The number of carboxylic acid groups (broad SMARTS) is 1. The van der Waals surface area contributed by atoms with Crippen LogP contribution in [0.3, 0.4) is 0 Å². The van der Waals surface area contributed by atoms with E-state index in [1.807, 2.05) is 19.0 Å². The van der Waals surface area contributed by atoms with Crippen molar-refractivity contribution in [1.29, 1.82) is 0 Å². The highest BCUT2D eigenvalue weighted by atomic mass is 16.4. The van der Waals surface area contributed by atoms with Crippen molar-refractivity contribution in [3.8, 4) is 0 Å². The number of amides is 2. The molecular formula is C14H17N3O4. The predicted octanol–water partition coefficient (Wildman–Crippen LogP) is -0.222. The number of aliphatic carboxylic acids is 1. The molecule has 0 aliphatic carbocycles. The molecule has 1 aromatic carbocycles.